The number of aromatic hydroxyl groups is 1. The second-order valence-electron chi connectivity index (χ2n) is 9.82. The minimum absolute atomic E-state index is 0.123. The highest BCUT2D eigenvalue weighted by molar-refractivity contribution is 5.97. The number of rotatable bonds is 7. The minimum Gasteiger partial charge on any atom is -0.493 e. The molecule has 0 spiro atoms. The Morgan fingerprint density at radius 2 is 1.74 bits per heavy atom. The fraction of sp³-hybridized carbons (Fsp3) is 0.194. The van der Waals surface area contributed by atoms with Gasteiger partial charge in [0.15, 0.2) is 0 Å². The van der Waals surface area contributed by atoms with E-state index in [-0.39, 0.29) is 17.8 Å². The molecular formula is C31H29FN4O2. The summed E-state index contributed by atoms with van der Waals surface area (Å²) in [6.07, 6.45) is 2.74. The number of pyridine rings is 1. The number of amides is 1. The van der Waals surface area contributed by atoms with Gasteiger partial charge in [0.1, 0.15) is 5.82 Å². The van der Waals surface area contributed by atoms with Crippen LogP contribution in [0.1, 0.15) is 59.8 Å². The van der Waals surface area contributed by atoms with E-state index >= 15 is 0 Å². The van der Waals surface area contributed by atoms with Gasteiger partial charge in [-0.05, 0) is 59.4 Å². The molecule has 5 rings (SSSR count). The van der Waals surface area contributed by atoms with Crippen LogP contribution in [0, 0.1) is 5.82 Å². The zero-order valence-electron chi connectivity index (χ0n) is 21.5. The zero-order chi connectivity index (χ0) is 26.8. The SMILES string of the molecule is CC(C)c1cccc([C@H](C)NC(=O)c2ccc3c(c2)ncn3Cc2ccc(-c3cc(F)cnc3O)cc2)c1. The predicted molar refractivity (Wildman–Crippen MR) is 147 cm³/mol. The third kappa shape index (κ3) is 5.27. The molecule has 7 heteroatoms. The molecule has 0 bridgehead atoms. The number of halogens is 1. The largest absolute Gasteiger partial charge is 0.493 e. The first-order valence-corrected chi connectivity index (χ1v) is 12.6. The van der Waals surface area contributed by atoms with Crippen LogP contribution in [0.25, 0.3) is 22.2 Å². The van der Waals surface area contributed by atoms with Gasteiger partial charge in [0.05, 0.1) is 29.6 Å². The quantitative estimate of drug-likeness (QED) is 0.259. The number of carbonyl (C=O) groups excluding carboxylic acids is 1. The summed E-state index contributed by atoms with van der Waals surface area (Å²) in [6.45, 7) is 6.87. The lowest BCUT2D eigenvalue weighted by Gasteiger charge is -2.16. The van der Waals surface area contributed by atoms with Crippen molar-refractivity contribution in [2.75, 3.05) is 0 Å². The second-order valence-corrected chi connectivity index (χ2v) is 9.82. The van der Waals surface area contributed by atoms with Crippen LogP contribution >= 0.6 is 0 Å². The third-order valence-corrected chi connectivity index (χ3v) is 6.76. The lowest BCUT2D eigenvalue weighted by molar-refractivity contribution is 0.0940. The predicted octanol–water partition coefficient (Wildman–Crippen LogP) is 6.61. The molecule has 5 aromatic rings. The van der Waals surface area contributed by atoms with E-state index in [2.05, 4.69) is 41.3 Å². The van der Waals surface area contributed by atoms with Gasteiger partial charge in [0.2, 0.25) is 5.88 Å². The number of benzene rings is 3. The van der Waals surface area contributed by atoms with Gasteiger partial charge in [0.25, 0.3) is 5.91 Å². The summed E-state index contributed by atoms with van der Waals surface area (Å²) in [6, 6.07) is 22.5. The Kier molecular flexibility index (Phi) is 6.92. The van der Waals surface area contributed by atoms with E-state index in [9.17, 15) is 14.3 Å². The molecule has 2 aromatic heterocycles. The first-order chi connectivity index (χ1) is 18.3. The van der Waals surface area contributed by atoms with Gasteiger partial charge in [-0.2, -0.15) is 0 Å². The molecule has 0 aliphatic rings. The van der Waals surface area contributed by atoms with Crippen molar-refractivity contribution >= 4 is 16.9 Å². The molecule has 0 aliphatic heterocycles. The van der Waals surface area contributed by atoms with Crippen molar-refractivity contribution in [3.63, 3.8) is 0 Å². The molecule has 1 amide bonds. The Morgan fingerprint density at radius 1 is 0.974 bits per heavy atom. The summed E-state index contributed by atoms with van der Waals surface area (Å²) >= 11 is 0. The third-order valence-electron chi connectivity index (χ3n) is 6.76. The summed E-state index contributed by atoms with van der Waals surface area (Å²) in [5.41, 5.74) is 6.56. The molecule has 0 saturated heterocycles. The van der Waals surface area contributed by atoms with E-state index < -0.39 is 5.82 Å². The van der Waals surface area contributed by atoms with Crippen molar-refractivity contribution < 1.29 is 14.3 Å². The van der Waals surface area contributed by atoms with E-state index in [0.717, 1.165) is 28.4 Å². The molecule has 0 unspecified atom stereocenters. The number of hydrogen-bond acceptors (Lipinski definition) is 4. The molecule has 0 aliphatic carbocycles. The van der Waals surface area contributed by atoms with Gasteiger partial charge < -0.3 is 15.0 Å². The maximum absolute atomic E-state index is 13.6. The normalized spacial score (nSPS) is 12.1. The number of carbonyl (C=O) groups is 1. The van der Waals surface area contributed by atoms with Crippen LogP contribution in [0.15, 0.2) is 85.3 Å². The average Bonchev–Trinajstić information content (AvgIpc) is 3.32. The van der Waals surface area contributed by atoms with Gasteiger partial charge >= 0.3 is 0 Å². The van der Waals surface area contributed by atoms with Crippen LogP contribution < -0.4 is 5.32 Å². The van der Waals surface area contributed by atoms with Crippen LogP contribution in [-0.4, -0.2) is 25.5 Å². The van der Waals surface area contributed by atoms with E-state index in [1.54, 1.807) is 12.4 Å². The smallest absolute Gasteiger partial charge is 0.251 e. The van der Waals surface area contributed by atoms with Crippen molar-refractivity contribution in [1.29, 1.82) is 0 Å². The lowest BCUT2D eigenvalue weighted by atomic mass is 9.98. The number of aromatic nitrogens is 3. The highest BCUT2D eigenvalue weighted by Gasteiger charge is 2.15. The number of nitrogens with one attached hydrogen (secondary N) is 1. The topological polar surface area (TPSA) is 80.0 Å². The van der Waals surface area contributed by atoms with E-state index in [4.69, 9.17) is 0 Å². The molecule has 0 radical (unpaired) electrons. The highest BCUT2D eigenvalue weighted by Crippen LogP contribution is 2.28. The van der Waals surface area contributed by atoms with Crippen molar-refractivity contribution in [3.8, 4) is 17.0 Å². The summed E-state index contributed by atoms with van der Waals surface area (Å²) in [5.74, 6) is -0.435. The number of fused-ring (bicyclic) bond motifs is 1. The Morgan fingerprint density at radius 3 is 2.50 bits per heavy atom. The Balaban J connectivity index is 1.29. The summed E-state index contributed by atoms with van der Waals surface area (Å²) in [4.78, 5) is 21.2. The van der Waals surface area contributed by atoms with Gasteiger partial charge in [0, 0.05) is 17.7 Å². The molecule has 192 valence electrons. The lowest BCUT2D eigenvalue weighted by Crippen LogP contribution is -2.26. The number of nitrogens with zero attached hydrogens (tertiary/aromatic N) is 3. The van der Waals surface area contributed by atoms with E-state index in [0.29, 0.717) is 29.2 Å². The van der Waals surface area contributed by atoms with E-state index in [1.807, 2.05) is 60.0 Å². The molecule has 0 fully saturated rings. The van der Waals surface area contributed by atoms with Crippen molar-refractivity contribution in [3.05, 3.63) is 113 Å². The number of imidazole rings is 1. The van der Waals surface area contributed by atoms with E-state index in [1.165, 1.54) is 11.6 Å². The van der Waals surface area contributed by atoms with Crippen LogP contribution in [0.2, 0.25) is 0 Å². The molecule has 38 heavy (non-hydrogen) atoms. The molecule has 2 heterocycles. The molecule has 1 atom stereocenters. The Hall–Kier alpha value is -4.52. The van der Waals surface area contributed by atoms with Crippen LogP contribution in [0.4, 0.5) is 4.39 Å². The maximum atomic E-state index is 13.6. The fourth-order valence-corrected chi connectivity index (χ4v) is 4.51. The summed E-state index contributed by atoms with van der Waals surface area (Å²) < 4.78 is 15.6. The Labute approximate surface area is 220 Å². The maximum Gasteiger partial charge on any atom is 0.251 e. The molecule has 6 nitrogen and oxygen atoms in total. The van der Waals surface area contributed by atoms with Gasteiger partial charge in [-0.15, -0.1) is 0 Å². The number of hydrogen-bond donors (Lipinski definition) is 2. The highest BCUT2D eigenvalue weighted by atomic mass is 19.1. The van der Waals surface area contributed by atoms with Gasteiger partial charge in [-0.3, -0.25) is 4.79 Å². The van der Waals surface area contributed by atoms with Crippen LogP contribution in [-0.2, 0) is 6.54 Å². The standard InChI is InChI=1S/C31H29FN4O2/c1-19(2)23-5-4-6-24(13-23)20(3)35-30(37)25-11-12-29-28(14-25)34-18-36(29)17-21-7-9-22(10-8-21)27-15-26(32)16-33-31(27)38/h4-16,18-20H,17H2,1-3H3,(H,33,38)(H,35,37)/t20-/m0/s1. The monoisotopic (exact) mass is 508 g/mol. The Bertz CT molecular complexity index is 1610. The summed E-state index contributed by atoms with van der Waals surface area (Å²) in [7, 11) is 0. The van der Waals surface area contributed by atoms with Crippen molar-refractivity contribution in [2.24, 2.45) is 0 Å². The first-order valence-electron chi connectivity index (χ1n) is 12.6. The molecular weight excluding hydrogens is 479 g/mol. The van der Waals surface area contributed by atoms with Crippen LogP contribution in [0.3, 0.4) is 0 Å². The van der Waals surface area contributed by atoms with Crippen molar-refractivity contribution in [2.45, 2.75) is 39.3 Å². The summed E-state index contributed by atoms with van der Waals surface area (Å²) in [5, 5.41) is 13.1. The van der Waals surface area contributed by atoms with Crippen molar-refractivity contribution in [1.82, 2.24) is 19.9 Å². The minimum atomic E-state index is -0.505. The molecule has 3 aromatic carbocycles. The second kappa shape index (κ2) is 10.5. The van der Waals surface area contributed by atoms with Gasteiger partial charge in [-0.1, -0.05) is 62.4 Å². The molecule has 0 saturated carbocycles. The zero-order valence-corrected chi connectivity index (χ0v) is 21.5. The van der Waals surface area contributed by atoms with Gasteiger partial charge in [-0.25, -0.2) is 14.4 Å². The average molecular weight is 509 g/mol. The first kappa shape index (κ1) is 25.1. The fourth-order valence-electron chi connectivity index (χ4n) is 4.51. The van der Waals surface area contributed by atoms with Crippen LogP contribution in [0.5, 0.6) is 5.88 Å². The molecule has 2 N–H and O–H groups in total.